The fourth-order valence-electron chi connectivity index (χ4n) is 2.74. The highest BCUT2D eigenvalue weighted by atomic mass is 16.6. The minimum absolute atomic E-state index is 0.279. The zero-order valence-electron chi connectivity index (χ0n) is 12.4. The molecule has 3 nitrogen and oxygen atoms in total. The van der Waals surface area contributed by atoms with Crippen LogP contribution >= 0.6 is 0 Å². The Hall–Kier alpha value is -2.29. The maximum Gasteiger partial charge on any atom is 0.415 e. The predicted octanol–water partition coefficient (Wildman–Crippen LogP) is 4.26. The molecule has 1 atom stereocenters. The molecule has 0 spiro atoms. The zero-order valence-corrected chi connectivity index (χ0v) is 12.4. The van der Waals surface area contributed by atoms with Crippen molar-refractivity contribution in [2.24, 2.45) is 0 Å². The number of benzene rings is 2. The summed E-state index contributed by atoms with van der Waals surface area (Å²) in [5.74, 6) is 0. The van der Waals surface area contributed by atoms with Gasteiger partial charge in [-0.2, -0.15) is 0 Å². The fraction of sp³-hybridized carbons (Fsp3) is 0.278. The van der Waals surface area contributed by atoms with Crippen LogP contribution in [-0.2, 0) is 10.3 Å². The van der Waals surface area contributed by atoms with Crippen LogP contribution in [0, 0.1) is 6.92 Å². The van der Waals surface area contributed by atoms with E-state index in [9.17, 15) is 4.79 Å². The molecule has 0 saturated carbocycles. The van der Waals surface area contributed by atoms with E-state index in [0.717, 1.165) is 23.2 Å². The largest absolute Gasteiger partial charge is 0.438 e. The van der Waals surface area contributed by atoms with Gasteiger partial charge in [0.05, 0.1) is 0 Å². The summed E-state index contributed by atoms with van der Waals surface area (Å²) in [6, 6.07) is 17.9. The second kappa shape index (κ2) is 5.24. The lowest BCUT2D eigenvalue weighted by atomic mass is 9.91. The van der Waals surface area contributed by atoms with Gasteiger partial charge in [0.25, 0.3) is 0 Å². The highest BCUT2D eigenvalue weighted by molar-refractivity contribution is 5.88. The van der Waals surface area contributed by atoms with Crippen LogP contribution in [0.4, 0.5) is 10.5 Å². The highest BCUT2D eigenvalue weighted by Crippen LogP contribution is 2.35. The van der Waals surface area contributed by atoms with Gasteiger partial charge in [-0.15, -0.1) is 0 Å². The van der Waals surface area contributed by atoms with Crippen LogP contribution in [0.5, 0.6) is 0 Å². The molecular formula is C18H19NO2. The first-order chi connectivity index (χ1) is 10.1. The molecule has 1 aliphatic rings. The molecule has 2 aromatic carbocycles. The molecule has 1 amide bonds. The third kappa shape index (κ3) is 2.64. The molecule has 2 aromatic rings. The summed E-state index contributed by atoms with van der Waals surface area (Å²) in [5, 5.41) is 0. The molecule has 0 bridgehead atoms. The van der Waals surface area contributed by atoms with Crippen molar-refractivity contribution in [1.82, 2.24) is 0 Å². The number of aryl methyl sites for hydroxylation is 1. The summed E-state index contributed by atoms with van der Waals surface area (Å²) in [6.07, 6.45) is 0.495. The van der Waals surface area contributed by atoms with Crippen LogP contribution < -0.4 is 4.90 Å². The van der Waals surface area contributed by atoms with Gasteiger partial charge in [0, 0.05) is 18.7 Å². The molecule has 1 heterocycles. The van der Waals surface area contributed by atoms with Gasteiger partial charge in [0.1, 0.15) is 5.60 Å². The fourth-order valence-corrected chi connectivity index (χ4v) is 2.74. The van der Waals surface area contributed by atoms with Crippen LogP contribution in [0.1, 0.15) is 24.5 Å². The third-order valence-corrected chi connectivity index (χ3v) is 4.04. The van der Waals surface area contributed by atoms with Gasteiger partial charge in [-0.05, 0) is 37.1 Å². The van der Waals surface area contributed by atoms with E-state index in [1.807, 2.05) is 68.4 Å². The van der Waals surface area contributed by atoms with E-state index < -0.39 is 5.60 Å². The van der Waals surface area contributed by atoms with E-state index in [2.05, 4.69) is 0 Å². The molecule has 108 valence electrons. The van der Waals surface area contributed by atoms with Gasteiger partial charge in [-0.3, -0.25) is 4.90 Å². The molecule has 0 N–H and O–H groups in total. The SMILES string of the molecule is Cc1cccc(N2CC[C@](C)(c3ccccc3)OC2=O)c1. The maximum atomic E-state index is 12.4. The highest BCUT2D eigenvalue weighted by Gasteiger charge is 2.38. The number of carbonyl (C=O) groups excluding carboxylic acids is 1. The number of carbonyl (C=O) groups is 1. The Balaban J connectivity index is 1.83. The average molecular weight is 281 g/mol. The smallest absolute Gasteiger partial charge is 0.415 e. The number of amides is 1. The lowest BCUT2D eigenvalue weighted by Gasteiger charge is -2.39. The van der Waals surface area contributed by atoms with Crippen LogP contribution in [0.2, 0.25) is 0 Å². The first kappa shape index (κ1) is 13.7. The third-order valence-electron chi connectivity index (χ3n) is 4.04. The molecule has 0 radical (unpaired) electrons. The Morgan fingerprint density at radius 3 is 2.52 bits per heavy atom. The molecule has 3 heteroatoms. The van der Waals surface area contributed by atoms with Crippen LogP contribution in [0.3, 0.4) is 0 Å². The topological polar surface area (TPSA) is 29.5 Å². The zero-order chi connectivity index (χ0) is 14.9. The minimum Gasteiger partial charge on any atom is -0.438 e. The van der Waals surface area contributed by atoms with E-state index in [4.69, 9.17) is 4.74 Å². The summed E-state index contributed by atoms with van der Waals surface area (Å²) in [5.41, 5.74) is 2.53. The molecule has 1 saturated heterocycles. The van der Waals surface area contributed by atoms with Crippen molar-refractivity contribution >= 4 is 11.8 Å². The van der Waals surface area contributed by atoms with Crippen LogP contribution in [0.15, 0.2) is 54.6 Å². The molecular weight excluding hydrogens is 262 g/mol. The van der Waals surface area contributed by atoms with E-state index in [1.54, 1.807) is 4.90 Å². The van der Waals surface area contributed by atoms with Crippen molar-refractivity contribution in [3.8, 4) is 0 Å². The van der Waals surface area contributed by atoms with E-state index in [0.29, 0.717) is 6.54 Å². The Morgan fingerprint density at radius 2 is 1.86 bits per heavy atom. The number of cyclic esters (lactones) is 1. The van der Waals surface area contributed by atoms with Crippen molar-refractivity contribution in [2.45, 2.75) is 25.9 Å². The summed E-state index contributed by atoms with van der Waals surface area (Å²) in [7, 11) is 0. The summed E-state index contributed by atoms with van der Waals surface area (Å²) in [4.78, 5) is 14.1. The second-order valence-electron chi connectivity index (χ2n) is 5.71. The maximum absolute atomic E-state index is 12.4. The Labute approximate surface area is 125 Å². The average Bonchev–Trinajstić information content (AvgIpc) is 2.48. The van der Waals surface area contributed by atoms with E-state index >= 15 is 0 Å². The van der Waals surface area contributed by atoms with Gasteiger partial charge >= 0.3 is 6.09 Å². The first-order valence-electron chi connectivity index (χ1n) is 7.21. The summed E-state index contributed by atoms with van der Waals surface area (Å²) < 4.78 is 5.75. The van der Waals surface area contributed by atoms with Crippen molar-refractivity contribution in [3.05, 3.63) is 65.7 Å². The Bertz CT molecular complexity index is 653. The van der Waals surface area contributed by atoms with Crippen molar-refractivity contribution in [1.29, 1.82) is 0 Å². The normalized spacial score (nSPS) is 22.0. The first-order valence-corrected chi connectivity index (χ1v) is 7.21. The number of hydrogen-bond acceptors (Lipinski definition) is 2. The number of hydrogen-bond donors (Lipinski definition) is 0. The summed E-state index contributed by atoms with van der Waals surface area (Å²) in [6.45, 7) is 4.66. The Morgan fingerprint density at radius 1 is 1.10 bits per heavy atom. The summed E-state index contributed by atoms with van der Waals surface area (Å²) >= 11 is 0. The number of ether oxygens (including phenoxy) is 1. The van der Waals surface area contributed by atoms with Crippen LogP contribution in [-0.4, -0.2) is 12.6 Å². The lowest BCUT2D eigenvalue weighted by Crippen LogP contribution is -2.46. The predicted molar refractivity (Wildman–Crippen MR) is 83.4 cm³/mol. The molecule has 0 aromatic heterocycles. The van der Waals surface area contributed by atoms with Gasteiger partial charge in [0.2, 0.25) is 0 Å². The van der Waals surface area contributed by atoms with Gasteiger partial charge < -0.3 is 4.74 Å². The van der Waals surface area contributed by atoms with Gasteiger partial charge in [0.15, 0.2) is 0 Å². The molecule has 1 aliphatic heterocycles. The molecule has 1 fully saturated rings. The van der Waals surface area contributed by atoms with Crippen molar-refractivity contribution < 1.29 is 9.53 Å². The molecule has 0 unspecified atom stereocenters. The lowest BCUT2D eigenvalue weighted by molar-refractivity contribution is 0.00582. The molecule has 0 aliphatic carbocycles. The number of nitrogens with zero attached hydrogens (tertiary/aromatic N) is 1. The van der Waals surface area contributed by atoms with E-state index in [1.165, 1.54) is 0 Å². The molecule has 21 heavy (non-hydrogen) atoms. The van der Waals surface area contributed by atoms with E-state index in [-0.39, 0.29) is 6.09 Å². The standard InChI is InChI=1S/C18H19NO2/c1-14-7-6-10-16(13-14)19-12-11-18(2,21-17(19)20)15-8-4-3-5-9-15/h3-10,13H,11-12H2,1-2H3/t18-/m1/s1. The van der Waals surface area contributed by atoms with Crippen LogP contribution in [0.25, 0.3) is 0 Å². The van der Waals surface area contributed by atoms with Gasteiger partial charge in [-0.1, -0.05) is 42.5 Å². The van der Waals surface area contributed by atoms with Gasteiger partial charge in [-0.25, -0.2) is 4.79 Å². The monoisotopic (exact) mass is 281 g/mol. The quantitative estimate of drug-likeness (QED) is 0.823. The Kier molecular flexibility index (Phi) is 3.42. The second-order valence-corrected chi connectivity index (χ2v) is 5.71. The van der Waals surface area contributed by atoms with Crippen molar-refractivity contribution in [2.75, 3.05) is 11.4 Å². The minimum atomic E-state index is -0.543. The number of rotatable bonds is 2. The molecule has 3 rings (SSSR count). The van der Waals surface area contributed by atoms with Crippen molar-refractivity contribution in [3.63, 3.8) is 0 Å². The number of anilines is 1.